The molecule has 2 aromatic rings. The van der Waals surface area contributed by atoms with Crippen LogP contribution in [0.25, 0.3) is 0 Å². The molecule has 2 saturated heterocycles. The first kappa shape index (κ1) is 25.6. The van der Waals surface area contributed by atoms with E-state index >= 15 is 8.78 Å². The predicted molar refractivity (Wildman–Crippen MR) is 128 cm³/mol. The Morgan fingerprint density at radius 1 is 1.14 bits per heavy atom. The second-order valence-corrected chi connectivity index (χ2v) is 8.52. The van der Waals surface area contributed by atoms with Crippen molar-refractivity contribution in [2.24, 2.45) is 0 Å². The number of nitrogens with zero attached hydrogens (tertiary/aromatic N) is 3. The summed E-state index contributed by atoms with van der Waals surface area (Å²) >= 11 is 5.54. The van der Waals surface area contributed by atoms with Crippen LogP contribution in [0.15, 0.2) is 42.5 Å². The SMILES string of the molecule is O=C(NC[C@H]1CN(c2cc(F)c(N3CCNN(C(=S)c4ccccc4)CC3)c(F)c2)C(=O)O1)C(F)F. The minimum Gasteiger partial charge on any atom is -0.442 e. The molecule has 1 atom stereocenters. The molecule has 2 aromatic carbocycles. The number of hydrazine groups is 1. The topological polar surface area (TPSA) is 77.2 Å². The number of ether oxygens (including phenoxy) is 1. The van der Waals surface area contributed by atoms with Gasteiger partial charge in [0.05, 0.1) is 25.3 Å². The van der Waals surface area contributed by atoms with Crippen molar-refractivity contribution in [3.63, 3.8) is 0 Å². The van der Waals surface area contributed by atoms with E-state index in [2.05, 4.69) is 5.43 Å². The molecule has 2 aliphatic heterocycles. The Hall–Kier alpha value is -3.45. The van der Waals surface area contributed by atoms with Gasteiger partial charge in [0, 0.05) is 37.3 Å². The van der Waals surface area contributed by atoms with E-state index in [1.54, 1.807) is 9.91 Å². The highest BCUT2D eigenvalue weighted by molar-refractivity contribution is 7.80. The van der Waals surface area contributed by atoms with E-state index in [0.717, 1.165) is 22.6 Å². The Kier molecular flexibility index (Phi) is 7.89. The molecule has 13 heteroatoms. The van der Waals surface area contributed by atoms with Crippen LogP contribution in [0.1, 0.15) is 5.56 Å². The average Bonchev–Trinajstić information content (AvgIpc) is 3.06. The van der Waals surface area contributed by atoms with Crippen molar-refractivity contribution in [1.82, 2.24) is 15.8 Å². The summed E-state index contributed by atoms with van der Waals surface area (Å²) in [6.07, 6.45) is -5.05. The lowest BCUT2D eigenvalue weighted by Crippen LogP contribution is -2.43. The average molecular weight is 526 g/mol. The van der Waals surface area contributed by atoms with Gasteiger partial charge in [-0.15, -0.1) is 0 Å². The van der Waals surface area contributed by atoms with Crippen molar-refractivity contribution in [2.45, 2.75) is 12.5 Å². The summed E-state index contributed by atoms with van der Waals surface area (Å²) in [5, 5.41) is 3.72. The summed E-state index contributed by atoms with van der Waals surface area (Å²) in [6, 6.07) is 11.4. The Balaban J connectivity index is 1.43. The van der Waals surface area contributed by atoms with Crippen molar-refractivity contribution in [2.75, 3.05) is 49.1 Å². The van der Waals surface area contributed by atoms with Gasteiger partial charge in [-0.05, 0) is 0 Å². The highest BCUT2D eigenvalue weighted by atomic mass is 32.1. The van der Waals surface area contributed by atoms with Gasteiger partial charge in [-0.2, -0.15) is 8.78 Å². The first-order valence-electron chi connectivity index (χ1n) is 11.1. The number of cyclic esters (lactones) is 1. The van der Waals surface area contributed by atoms with Crippen LogP contribution in [-0.2, 0) is 9.53 Å². The summed E-state index contributed by atoms with van der Waals surface area (Å²) in [6.45, 7) is 0.831. The van der Waals surface area contributed by atoms with Gasteiger partial charge in [-0.1, -0.05) is 42.5 Å². The van der Waals surface area contributed by atoms with Gasteiger partial charge in [0.2, 0.25) is 0 Å². The van der Waals surface area contributed by atoms with Crippen LogP contribution in [0.4, 0.5) is 33.7 Å². The molecule has 2 amide bonds. The lowest BCUT2D eigenvalue weighted by molar-refractivity contribution is -0.132. The van der Waals surface area contributed by atoms with Crippen LogP contribution < -0.4 is 20.5 Å². The molecular weight excluding hydrogens is 502 g/mol. The number of carbonyl (C=O) groups excluding carboxylic acids is 2. The smallest absolute Gasteiger partial charge is 0.414 e. The zero-order valence-electron chi connectivity index (χ0n) is 18.9. The van der Waals surface area contributed by atoms with E-state index < -0.39 is 36.2 Å². The largest absolute Gasteiger partial charge is 0.442 e. The number of thiocarbonyl (C=S) groups is 1. The van der Waals surface area contributed by atoms with Crippen LogP contribution in [0.3, 0.4) is 0 Å². The monoisotopic (exact) mass is 525 g/mol. The van der Waals surface area contributed by atoms with E-state index in [4.69, 9.17) is 17.0 Å². The van der Waals surface area contributed by atoms with Crippen LogP contribution in [0.5, 0.6) is 0 Å². The third kappa shape index (κ3) is 5.68. The van der Waals surface area contributed by atoms with Gasteiger partial charge in [0.25, 0.3) is 5.91 Å². The minimum absolute atomic E-state index is 0.0822. The molecule has 2 aliphatic rings. The van der Waals surface area contributed by atoms with E-state index in [1.165, 1.54) is 0 Å². The number of hydrogen-bond acceptors (Lipinski definition) is 6. The molecular formula is C23H23F4N5O3S. The van der Waals surface area contributed by atoms with Gasteiger partial charge < -0.3 is 15.0 Å². The number of rotatable bonds is 6. The van der Waals surface area contributed by atoms with Gasteiger partial charge in [-0.3, -0.25) is 14.7 Å². The maximum atomic E-state index is 15.1. The molecule has 0 bridgehead atoms. The molecule has 2 fully saturated rings. The van der Waals surface area contributed by atoms with Gasteiger partial charge in [0.15, 0.2) is 11.6 Å². The first-order chi connectivity index (χ1) is 17.2. The standard InChI is InChI=1S/C23H23F4N5O3S/c24-17-10-15(31-13-16(35-23(31)34)12-28-21(33)20(26)27)11-18(25)19(17)30-7-6-29-32(9-8-30)22(36)14-4-2-1-3-5-14/h1-5,10-11,16,20,29H,6-9,12-13H2,(H,28,33)/t16-/m0/s1. The van der Waals surface area contributed by atoms with Crippen LogP contribution in [0, 0.1) is 11.6 Å². The fourth-order valence-corrected chi connectivity index (χ4v) is 4.30. The fraction of sp³-hybridized carbons (Fsp3) is 0.348. The number of carbonyl (C=O) groups is 2. The van der Waals surface area contributed by atoms with Crippen molar-refractivity contribution in [3.8, 4) is 0 Å². The molecule has 0 saturated carbocycles. The maximum Gasteiger partial charge on any atom is 0.414 e. The molecule has 4 rings (SSSR count). The molecule has 0 unspecified atom stereocenters. The zero-order chi connectivity index (χ0) is 25.8. The van der Waals surface area contributed by atoms with Crippen molar-refractivity contribution >= 4 is 40.6 Å². The Morgan fingerprint density at radius 3 is 2.50 bits per heavy atom. The number of benzene rings is 2. The molecule has 192 valence electrons. The Labute approximate surface area is 209 Å². The summed E-state index contributed by atoms with van der Waals surface area (Å²) in [7, 11) is 0. The van der Waals surface area contributed by atoms with Crippen molar-refractivity contribution < 1.29 is 31.9 Å². The predicted octanol–water partition coefficient (Wildman–Crippen LogP) is 2.67. The number of anilines is 2. The number of nitrogens with one attached hydrogen (secondary N) is 2. The van der Waals surface area contributed by atoms with Gasteiger partial charge >= 0.3 is 12.5 Å². The molecule has 8 nitrogen and oxygen atoms in total. The van der Waals surface area contributed by atoms with E-state index in [9.17, 15) is 18.4 Å². The summed E-state index contributed by atoms with van der Waals surface area (Å²) < 4.78 is 59.9. The van der Waals surface area contributed by atoms with Gasteiger partial charge in [0.1, 0.15) is 16.8 Å². The van der Waals surface area contributed by atoms with Crippen LogP contribution in [0.2, 0.25) is 0 Å². The highest BCUT2D eigenvalue weighted by Crippen LogP contribution is 2.31. The molecule has 0 radical (unpaired) electrons. The number of alkyl halides is 2. The van der Waals surface area contributed by atoms with E-state index in [0.29, 0.717) is 24.6 Å². The fourth-order valence-electron chi connectivity index (χ4n) is 4.01. The number of amides is 2. The third-order valence-corrected chi connectivity index (χ3v) is 6.21. The lowest BCUT2D eigenvalue weighted by Gasteiger charge is -2.26. The van der Waals surface area contributed by atoms with Gasteiger partial charge in [-0.25, -0.2) is 19.0 Å². The molecule has 2 N–H and O–H groups in total. The van der Waals surface area contributed by atoms with Crippen molar-refractivity contribution in [3.05, 3.63) is 59.7 Å². The molecule has 0 spiro atoms. The molecule has 2 heterocycles. The first-order valence-corrected chi connectivity index (χ1v) is 11.5. The Bertz CT molecular complexity index is 1120. The minimum atomic E-state index is -3.20. The summed E-state index contributed by atoms with van der Waals surface area (Å²) in [5.74, 6) is -3.24. The van der Waals surface area contributed by atoms with Crippen LogP contribution in [-0.4, -0.2) is 73.8 Å². The normalized spacial score (nSPS) is 18.3. The molecule has 0 aliphatic carbocycles. The quantitative estimate of drug-likeness (QED) is 0.444. The molecule has 0 aromatic heterocycles. The molecule has 36 heavy (non-hydrogen) atoms. The highest BCUT2D eigenvalue weighted by Gasteiger charge is 2.34. The zero-order valence-corrected chi connectivity index (χ0v) is 19.7. The third-order valence-electron chi connectivity index (χ3n) is 5.75. The summed E-state index contributed by atoms with van der Waals surface area (Å²) in [5.41, 5.74) is 3.70. The summed E-state index contributed by atoms with van der Waals surface area (Å²) in [4.78, 5) is 26.3. The second kappa shape index (κ2) is 11.1. The number of hydrogen-bond donors (Lipinski definition) is 2. The lowest BCUT2D eigenvalue weighted by atomic mass is 10.2. The Morgan fingerprint density at radius 2 is 1.83 bits per heavy atom. The number of halogens is 4. The van der Waals surface area contributed by atoms with E-state index in [-0.39, 0.29) is 31.0 Å². The maximum absolute atomic E-state index is 15.1. The van der Waals surface area contributed by atoms with Crippen molar-refractivity contribution in [1.29, 1.82) is 0 Å². The van der Waals surface area contributed by atoms with E-state index in [1.807, 2.05) is 35.6 Å². The van der Waals surface area contributed by atoms with Crippen LogP contribution >= 0.6 is 12.2 Å². The second-order valence-electron chi connectivity index (χ2n) is 8.14.